The Bertz CT molecular complexity index is 648. The Balaban J connectivity index is 2.05. The van der Waals surface area contributed by atoms with Crippen LogP contribution in [-0.4, -0.2) is 17.9 Å². The third-order valence-corrected chi connectivity index (χ3v) is 2.86. The van der Waals surface area contributed by atoms with Gasteiger partial charge in [0.15, 0.2) is 6.10 Å². The molecular formula is C16H12F2O3. The fourth-order valence-corrected chi connectivity index (χ4v) is 1.72. The van der Waals surface area contributed by atoms with Crippen molar-refractivity contribution in [2.45, 2.75) is 13.0 Å². The van der Waals surface area contributed by atoms with E-state index in [1.54, 1.807) is 0 Å². The van der Waals surface area contributed by atoms with Gasteiger partial charge in [0.25, 0.3) is 0 Å². The molecule has 0 bridgehead atoms. The second kappa shape index (κ2) is 6.26. The Hall–Kier alpha value is -2.56. The third kappa shape index (κ3) is 3.72. The van der Waals surface area contributed by atoms with Crippen LogP contribution in [0.15, 0.2) is 48.5 Å². The number of esters is 1. The molecule has 0 saturated carbocycles. The molecule has 0 aliphatic carbocycles. The molecule has 0 unspecified atom stereocenters. The predicted octanol–water partition coefficient (Wildman–Crippen LogP) is 3.39. The number of ether oxygens (including phenoxy) is 1. The zero-order chi connectivity index (χ0) is 15.4. The highest BCUT2D eigenvalue weighted by molar-refractivity contribution is 6.01. The van der Waals surface area contributed by atoms with Crippen LogP contribution >= 0.6 is 0 Å². The van der Waals surface area contributed by atoms with E-state index < -0.39 is 29.5 Å². The maximum Gasteiger partial charge on any atom is 0.338 e. The fourth-order valence-electron chi connectivity index (χ4n) is 1.72. The summed E-state index contributed by atoms with van der Waals surface area (Å²) in [6.45, 7) is 1.42. The molecule has 5 heteroatoms. The molecule has 3 nitrogen and oxygen atoms in total. The highest BCUT2D eigenvalue weighted by Crippen LogP contribution is 2.11. The highest BCUT2D eigenvalue weighted by atomic mass is 19.1. The molecular weight excluding hydrogens is 278 g/mol. The van der Waals surface area contributed by atoms with Gasteiger partial charge >= 0.3 is 5.97 Å². The van der Waals surface area contributed by atoms with Gasteiger partial charge in [-0.2, -0.15) is 0 Å². The minimum Gasteiger partial charge on any atom is -0.451 e. The van der Waals surface area contributed by atoms with Crippen LogP contribution in [0.4, 0.5) is 8.78 Å². The van der Waals surface area contributed by atoms with Gasteiger partial charge in [0.2, 0.25) is 5.78 Å². The first-order chi connectivity index (χ1) is 9.97. The zero-order valence-corrected chi connectivity index (χ0v) is 11.2. The van der Waals surface area contributed by atoms with Crippen LogP contribution < -0.4 is 0 Å². The normalized spacial score (nSPS) is 11.8. The van der Waals surface area contributed by atoms with Crippen molar-refractivity contribution in [2.24, 2.45) is 0 Å². The van der Waals surface area contributed by atoms with Gasteiger partial charge in [0.05, 0.1) is 5.56 Å². The SMILES string of the molecule is C[C@H](OC(=O)c1ccc(F)cc1)C(=O)c1ccc(F)cc1. The van der Waals surface area contributed by atoms with Gasteiger partial charge in [0.1, 0.15) is 11.6 Å². The molecule has 0 radical (unpaired) electrons. The van der Waals surface area contributed by atoms with Gasteiger partial charge in [0, 0.05) is 5.56 Å². The highest BCUT2D eigenvalue weighted by Gasteiger charge is 2.20. The molecule has 0 amide bonds. The summed E-state index contributed by atoms with van der Waals surface area (Å²) in [7, 11) is 0. The van der Waals surface area contributed by atoms with E-state index in [9.17, 15) is 18.4 Å². The lowest BCUT2D eigenvalue weighted by atomic mass is 10.1. The van der Waals surface area contributed by atoms with Gasteiger partial charge in [-0.25, -0.2) is 13.6 Å². The lowest BCUT2D eigenvalue weighted by Gasteiger charge is -2.12. The van der Waals surface area contributed by atoms with Crippen LogP contribution in [0.1, 0.15) is 27.6 Å². The molecule has 0 heterocycles. The number of carbonyl (C=O) groups is 2. The summed E-state index contributed by atoms with van der Waals surface area (Å²) in [6.07, 6.45) is -1.02. The fraction of sp³-hybridized carbons (Fsp3) is 0.125. The Morgan fingerprint density at radius 3 is 1.76 bits per heavy atom. The van der Waals surface area contributed by atoms with Crippen LogP contribution in [0.25, 0.3) is 0 Å². The molecule has 0 aliphatic rings. The smallest absolute Gasteiger partial charge is 0.338 e. The first kappa shape index (κ1) is 14.8. The number of carbonyl (C=O) groups excluding carboxylic acids is 2. The summed E-state index contributed by atoms with van der Waals surface area (Å²) in [5.41, 5.74) is 0.394. The van der Waals surface area contributed by atoms with Crippen molar-refractivity contribution in [3.8, 4) is 0 Å². The van der Waals surface area contributed by atoms with Crippen LogP contribution in [0.5, 0.6) is 0 Å². The largest absolute Gasteiger partial charge is 0.451 e. The minimum absolute atomic E-state index is 0.148. The Morgan fingerprint density at radius 1 is 0.857 bits per heavy atom. The molecule has 0 saturated heterocycles. The first-order valence-electron chi connectivity index (χ1n) is 6.23. The molecule has 21 heavy (non-hydrogen) atoms. The lowest BCUT2D eigenvalue weighted by Crippen LogP contribution is -2.24. The Morgan fingerprint density at radius 2 is 1.29 bits per heavy atom. The van der Waals surface area contributed by atoms with Gasteiger partial charge in [-0.15, -0.1) is 0 Å². The van der Waals surface area contributed by atoms with Gasteiger partial charge in [-0.05, 0) is 55.5 Å². The van der Waals surface area contributed by atoms with Crippen molar-refractivity contribution in [1.29, 1.82) is 0 Å². The van der Waals surface area contributed by atoms with Crippen molar-refractivity contribution in [3.63, 3.8) is 0 Å². The molecule has 1 atom stereocenters. The Labute approximate surface area is 120 Å². The van der Waals surface area contributed by atoms with Crippen LogP contribution in [0.3, 0.4) is 0 Å². The zero-order valence-electron chi connectivity index (χ0n) is 11.2. The van der Waals surface area contributed by atoms with E-state index in [2.05, 4.69) is 0 Å². The van der Waals surface area contributed by atoms with Crippen molar-refractivity contribution >= 4 is 11.8 Å². The summed E-state index contributed by atoms with van der Waals surface area (Å²) in [4.78, 5) is 23.8. The van der Waals surface area contributed by atoms with E-state index >= 15 is 0 Å². The van der Waals surface area contributed by atoms with Crippen molar-refractivity contribution in [3.05, 3.63) is 71.3 Å². The molecule has 108 valence electrons. The molecule has 0 fully saturated rings. The Kier molecular flexibility index (Phi) is 4.42. The first-order valence-corrected chi connectivity index (χ1v) is 6.23. The van der Waals surface area contributed by atoms with E-state index in [0.717, 1.165) is 24.3 Å². The molecule has 0 spiro atoms. The van der Waals surface area contributed by atoms with Crippen LogP contribution in [0.2, 0.25) is 0 Å². The van der Waals surface area contributed by atoms with Crippen LogP contribution in [0, 0.1) is 11.6 Å². The summed E-state index contributed by atoms with van der Waals surface area (Å²) < 4.78 is 30.6. The van der Waals surface area contributed by atoms with Crippen molar-refractivity contribution in [1.82, 2.24) is 0 Å². The van der Waals surface area contributed by atoms with Gasteiger partial charge in [-0.3, -0.25) is 4.79 Å². The lowest BCUT2D eigenvalue weighted by molar-refractivity contribution is 0.0318. The molecule has 2 rings (SSSR count). The number of hydrogen-bond donors (Lipinski definition) is 0. The number of benzene rings is 2. The van der Waals surface area contributed by atoms with Crippen molar-refractivity contribution < 1.29 is 23.1 Å². The standard InChI is InChI=1S/C16H12F2O3/c1-10(15(19)11-2-6-13(17)7-3-11)21-16(20)12-4-8-14(18)9-5-12/h2-10H,1H3/t10-/m0/s1. The summed E-state index contributed by atoms with van der Waals surface area (Å²) >= 11 is 0. The molecule has 2 aromatic carbocycles. The average molecular weight is 290 g/mol. The quantitative estimate of drug-likeness (QED) is 0.640. The maximum absolute atomic E-state index is 12.8. The van der Waals surface area contributed by atoms with E-state index in [-0.39, 0.29) is 11.1 Å². The monoisotopic (exact) mass is 290 g/mol. The topological polar surface area (TPSA) is 43.4 Å². The summed E-state index contributed by atoms with van der Waals surface area (Å²) in [5, 5.41) is 0. The third-order valence-electron chi connectivity index (χ3n) is 2.86. The molecule has 0 aliphatic heterocycles. The maximum atomic E-state index is 12.8. The van der Waals surface area contributed by atoms with E-state index in [1.165, 1.54) is 31.2 Å². The van der Waals surface area contributed by atoms with E-state index in [0.29, 0.717) is 0 Å². The number of halogens is 2. The second-order valence-corrected chi connectivity index (χ2v) is 4.43. The summed E-state index contributed by atoms with van der Waals surface area (Å²) in [5.74, 6) is -2.09. The number of hydrogen-bond acceptors (Lipinski definition) is 3. The minimum atomic E-state index is -1.02. The molecule has 0 aromatic heterocycles. The predicted molar refractivity (Wildman–Crippen MR) is 72.0 cm³/mol. The summed E-state index contributed by atoms with van der Waals surface area (Å²) in [6, 6.07) is 9.74. The molecule has 2 aromatic rings. The van der Waals surface area contributed by atoms with Gasteiger partial charge in [-0.1, -0.05) is 0 Å². The van der Waals surface area contributed by atoms with E-state index in [1.807, 2.05) is 0 Å². The van der Waals surface area contributed by atoms with E-state index in [4.69, 9.17) is 4.74 Å². The number of ketones is 1. The van der Waals surface area contributed by atoms with Gasteiger partial charge < -0.3 is 4.74 Å². The number of Topliss-reactive ketones (excluding diaryl/α,β-unsaturated/α-hetero) is 1. The average Bonchev–Trinajstić information content (AvgIpc) is 2.47. The molecule has 0 N–H and O–H groups in total. The van der Waals surface area contributed by atoms with Crippen LogP contribution in [-0.2, 0) is 4.74 Å². The van der Waals surface area contributed by atoms with Crippen molar-refractivity contribution in [2.75, 3.05) is 0 Å². The number of rotatable bonds is 4. The second-order valence-electron chi connectivity index (χ2n) is 4.43.